The molecule has 2 aliphatic rings. The molecule has 0 radical (unpaired) electrons. The average Bonchev–Trinajstić information content (AvgIpc) is 3.49. The zero-order chi connectivity index (χ0) is 26.5. The molecule has 2 aromatic carbocycles. The molecule has 1 saturated heterocycles. The second kappa shape index (κ2) is 12.0. The molecular formula is C31H38N2O5. The molecule has 7 heteroatoms. The molecule has 2 heterocycles. The molecule has 1 saturated carbocycles. The van der Waals surface area contributed by atoms with Crippen LogP contribution < -0.4 is 14.2 Å². The SMILES string of the molecule is COc1ccccc1-c1nc2c(OC)ccc(OC)c2cc1CN(C[C@@H]1CCCO1)C(=O)C1CCCCC1. The molecule has 38 heavy (non-hydrogen) atoms. The van der Waals surface area contributed by atoms with Gasteiger partial charge in [0.1, 0.15) is 22.8 Å². The van der Waals surface area contributed by atoms with Gasteiger partial charge in [0.05, 0.1) is 33.1 Å². The first kappa shape index (κ1) is 26.3. The van der Waals surface area contributed by atoms with Gasteiger partial charge in [-0.15, -0.1) is 0 Å². The van der Waals surface area contributed by atoms with E-state index in [1.807, 2.05) is 41.3 Å². The standard InChI is InChI=1S/C31H38N2O5/c1-35-26-14-8-7-13-24(26)29-22(18-25-27(36-2)15-16-28(37-3)30(25)32-29)19-33(20-23-12-9-17-38-23)31(34)21-10-5-4-6-11-21/h7-8,13-16,18,21,23H,4-6,9-12,17,19-20H2,1-3H3/t23-/m0/s1. The lowest BCUT2D eigenvalue weighted by atomic mass is 9.88. The third kappa shape index (κ3) is 5.44. The van der Waals surface area contributed by atoms with Crippen LogP contribution in [-0.4, -0.2) is 56.4 Å². The van der Waals surface area contributed by atoms with Crippen LogP contribution >= 0.6 is 0 Å². The number of amides is 1. The van der Waals surface area contributed by atoms with E-state index in [9.17, 15) is 4.79 Å². The molecule has 1 aromatic heterocycles. The Balaban J connectivity index is 1.63. The van der Waals surface area contributed by atoms with E-state index < -0.39 is 0 Å². The van der Waals surface area contributed by atoms with Crippen molar-refractivity contribution < 1.29 is 23.7 Å². The highest BCUT2D eigenvalue weighted by Gasteiger charge is 2.30. The van der Waals surface area contributed by atoms with Crippen LogP contribution in [-0.2, 0) is 16.1 Å². The Hall–Kier alpha value is -3.32. The molecule has 5 rings (SSSR count). The summed E-state index contributed by atoms with van der Waals surface area (Å²) in [5, 5.41) is 0.850. The quantitative estimate of drug-likeness (QED) is 0.345. The lowest BCUT2D eigenvalue weighted by molar-refractivity contribution is -0.138. The largest absolute Gasteiger partial charge is 0.496 e. The zero-order valence-corrected chi connectivity index (χ0v) is 22.7. The van der Waals surface area contributed by atoms with Gasteiger partial charge in [-0.3, -0.25) is 4.79 Å². The van der Waals surface area contributed by atoms with Crippen molar-refractivity contribution in [3.05, 3.63) is 48.0 Å². The maximum absolute atomic E-state index is 13.9. The first-order chi connectivity index (χ1) is 18.6. The molecule has 0 spiro atoms. The number of fused-ring (bicyclic) bond motifs is 1. The summed E-state index contributed by atoms with van der Waals surface area (Å²) in [6.07, 6.45) is 7.45. The molecule has 1 aliphatic heterocycles. The Morgan fingerprint density at radius 3 is 2.37 bits per heavy atom. The third-order valence-corrected chi connectivity index (χ3v) is 7.86. The number of hydrogen-bond acceptors (Lipinski definition) is 6. The first-order valence-corrected chi connectivity index (χ1v) is 13.7. The number of carbonyl (C=O) groups is 1. The van der Waals surface area contributed by atoms with Crippen LogP contribution in [0.2, 0.25) is 0 Å². The Kier molecular flexibility index (Phi) is 8.32. The van der Waals surface area contributed by atoms with Crippen LogP contribution in [0.15, 0.2) is 42.5 Å². The van der Waals surface area contributed by atoms with E-state index in [0.29, 0.717) is 30.1 Å². The maximum Gasteiger partial charge on any atom is 0.226 e. The predicted molar refractivity (Wildman–Crippen MR) is 148 cm³/mol. The predicted octanol–water partition coefficient (Wildman–Crippen LogP) is 6.02. The summed E-state index contributed by atoms with van der Waals surface area (Å²) < 4.78 is 23.1. The highest BCUT2D eigenvalue weighted by Crippen LogP contribution is 2.39. The number of ether oxygens (including phenoxy) is 4. The molecule has 1 aliphatic carbocycles. The van der Waals surface area contributed by atoms with Crippen molar-refractivity contribution in [1.29, 1.82) is 0 Å². The molecule has 0 N–H and O–H groups in total. The van der Waals surface area contributed by atoms with Gasteiger partial charge >= 0.3 is 0 Å². The second-order valence-corrected chi connectivity index (χ2v) is 10.3. The molecule has 0 bridgehead atoms. The van der Waals surface area contributed by atoms with Gasteiger partial charge in [0.15, 0.2) is 0 Å². The maximum atomic E-state index is 13.9. The Morgan fingerprint density at radius 2 is 1.66 bits per heavy atom. The van der Waals surface area contributed by atoms with Gasteiger partial charge < -0.3 is 23.8 Å². The van der Waals surface area contributed by atoms with E-state index in [4.69, 9.17) is 23.9 Å². The van der Waals surface area contributed by atoms with Crippen LogP contribution in [0.25, 0.3) is 22.2 Å². The number of carbonyl (C=O) groups excluding carboxylic acids is 1. The Morgan fingerprint density at radius 1 is 0.921 bits per heavy atom. The number of benzene rings is 2. The van der Waals surface area contributed by atoms with Crippen LogP contribution in [0.1, 0.15) is 50.5 Å². The van der Waals surface area contributed by atoms with E-state index >= 15 is 0 Å². The topological polar surface area (TPSA) is 70.1 Å². The van der Waals surface area contributed by atoms with E-state index in [0.717, 1.165) is 73.1 Å². The summed E-state index contributed by atoms with van der Waals surface area (Å²) in [5.41, 5.74) is 3.30. The number of hydrogen-bond donors (Lipinski definition) is 0. The van der Waals surface area contributed by atoms with Crippen molar-refractivity contribution in [3.63, 3.8) is 0 Å². The molecule has 7 nitrogen and oxygen atoms in total. The second-order valence-electron chi connectivity index (χ2n) is 10.3. The van der Waals surface area contributed by atoms with E-state index in [2.05, 4.69) is 6.07 Å². The highest BCUT2D eigenvalue weighted by molar-refractivity contribution is 5.93. The van der Waals surface area contributed by atoms with Gasteiger partial charge in [-0.2, -0.15) is 0 Å². The summed E-state index contributed by atoms with van der Waals surface area (Å²) >= 11 is 0. The van der Waals surface area contributed by atoms with Crippen LogP contribution in [0.3, 0.4) is 0 Å². The number of methoxy groups -OCH3 is 3. The fourth-order valence-corrected chi connectivity index (χ4v) is 5.87. The average molecular weight is 519 g/mol. The van der Waals surface area contributed by atoms with Gasteiger partial charge in [-0.25, -0.2) is 4.98 Å². The van der Waals surface area contributed by atoms with Gasteiger partial charge in [0.2, 0.25) is 5.91 Å². The van der Waals surface area contributed by atoms with Gasteiger partial charge in [-0.05, 0) is 61.6 Å². The van der Waals surface area contributed by atoms with Crippen LogP contribution in [0.5, 0.6) is 17.2 Å². The van der Waals surface area contributed by atoms with Gasteiger partial charge in [0.25, 0.3) is 0 Å². The molecule has 1 amide bonds. The number of pyridine rings is 1. The monoisotopic (exact) mass is 518 g/mol. The van der Waals surface area contributed by atoms with Crippen molar-refractivity contribution in [1.82, 2.24) is 9.88 Å². The minimum Gasteiger partial charge on any atom is -0.496 e. The fraction of sp³-hybridized carbons (Fsp3) is 0.484. The van der Waals surface area contributed by atoms with Crippen molar-refractivity contribution >= 4 is 16.8 Å². The molecule has 2 fully saturated rings. The summed E-state index contributed by atoms with van der Waals surface area (Å²) in [4.78, 5) is 21.1. The van der Waals surface area contributed by atoms with Crippen molar-refractivity contribution in [2.45, 2.75) is 57.6 Å². The van der Waals surface area contributed by atoms with Crippen molar-refractivity contribution in [3.8, 4) is 28.5 Å². The minimum atomic E-state index is 0.0697. The lowest BCUT2D eigenvalue weighted by Gasteiger charge is -2.31. The van der Waals surface area contributed by atoms with Crippen LogP contribution in [0, 0.1) is 5.92 Å². The van der Waals surface area contributed by atoms with Crippen molar-refractivity contribution in [2.24, 2.45) is 5.92 Å². The first-order valence-electron chi connectivity index (χ1n) is 13.7. The fourth-order valence-electron chi connectivity index (χ4n) is 5.87. The molecule has 3 aromatic rings. The normalized spacial score (nSPS) is 17.9. The minimum absolute atomic E-state index is 0.0697. The number of para-hydroxylation sites is 1. The number of nitrogens with zero attached hydrogens (tertiary/aromatic N) is 2. The van der Waals surface area contributed by atoms with E-state index in [1.165, 1.54) is 6.42 Å². The number of aromatic nitrogens is 1. The Labute approximate surface area is 225 Å². The molecule has 202 valence electrons. The highest BCUT2D eigenvalue weighted by atomic mass is 16.5. The van der Waals surface area contributed by atoms with Crippen molar-refractivity contribution in [2.75, 3.05) is 34.5 Å². The van der Waals surface area contributed by atoms with Gasteiger partial charge in [0, 0.05) is 36.6 Å². The van der Waals surface area contributed by atoms with Crippen LogP contribution in [0.4, 0.5) is 0 Å². The van der Waals surface area contributed by atoms with E-state index in [-0.39, 0.29) is 17.9 Å². The third-order valence-electron chi connectivity index (χ3n) is 7.86. The van der Waals surface area contributed by atoms with Gasteiger partial charge in [-0.1, -0.05) is 31.4 Å². The summed E-state index contributed by atoms with van der Waals surface area (Å²) in [6, 6.07) is 13.7. The van der Waals surface area contributed by atoms with E-state index in [1.54, 1.807) is 21.3 Å². The number of rotatable bonds is 9. The smallest absolute Gasteiger partial charge is 0.226 e. The molecule has 1 atom stereocenters. The summed E-state index contributed by atoms with van der Waals surface area (Å²) in [5.74, 6) is 2.40. The Bertz CT molecular complexity index is 1260. The zero-order valence-electron chi connectivity index (χ0n) is 22.7. The summed E-state index contributed by atoms with van der Waals surface area (Å²) in [6.45, 7) is 1.79. The molecular weight excluding hydrogens is 480 g/mol. The lowest BCUT2D eigenvalue weighted by Crippen LogP contribution is -2.41. The summed E-state index contributed by atoms with van der Waals surface area (Å²) in [7, 11) is 4.97. The molecule has 0 unspecified atom stereocenters.